The number of rotatable bonds is 5. The Balaban J connectivity index is 1.11. The van der Waals surface area contributed by atoms with Crippen molar-refractivity contribution in [2.75, 3.05) is 4.90 Å². The Morgan fingerprint density at radius 3 is 1.91 bits per heavy atom. The maximum Gasteiger partial charge on any atom is 0.135 e. The van der Waals surface area contributed by atoms with Gasteiger partial charge in [-0.15, -0.1) is 11.3 Å². The highest BCUT2D eigenvalue weighted by Gasteiger charge is 2.40. The summed E-state index contributed by atoms with van der Waals surface area (Å²) in [6, 6.07) is 66.2. The lowest BCUT2D eigenvalue weighted by atomic mass is 9.74. The lowest BCUT2D eigenvalue weighted by Crippen LogP contribution is -2.22. The van der Waals surface area contributed by atoms with Crippen molar-refractivity contribution in [3.63, 3.8) is 0 Å². The van der Waals surface area contributed by atoms with E-state index in [9.17, 15) is 0 Å². The molecule has 0 N–H and O–H groups in total. The fraction of sp³-hybridized carbons (Fsp3) is 0.0400. The topological polar surface area (TPSA) is 16.4 Å². The van der Waals surface area contributed by atoms with E-state index in [2.05, 4.69) is 182 Å². The van der Waals surface area contributed by atoms with Crippen LogP contribution in [0.2, 0.25) is 0 Å². The van der Waals surface area contributed by atoms with Gasteiger partial charge < -0.3 is 9.32 Å². The fourth-order valence-electron chi connectivity index (χ4n) is 8.75. The van der Waals surface area contributed by atoms with E-state index in [4.69, 9.17) is 4.42 Å². The van der Waals surface area contributed by atoms with Crippen LogP contribution in [0.4, 0.5) is 17.1 Å². The molecular weight excluding hydrogens is 663 g/mol. The highest BCUT2D eigenvalue weighted by atomic mass is 32.1. The molecule has 53 heavy (non-hydrogen) atoms. The maximum atomic E-state index is 6.26. The number of fused-ring (bicyclic) bond motifs is 9. The van der Waals surface area contributed by atoms with E-state index in [1.165, 1.54) is 59.1 Å². The van der Waals surface area contributed by atoms with Crippen LogP contribution in [-0.4, -0.2) is 0 Å². The fourth-order valence-corrected chi connectivity index (χ4v) is 9.99. The van der Waals surface area contributed by atoms with Crippen molar-refractivity contribution in [3.05, 3.63) is 199 Å². The number of furan rings is 1. The lowest BCUT2D eigenvalue weighted by Gasteiger charge is -2.28. The summed E-state index contributed by atoms with van der Waals surface area (Å²) < 4.78 is 8.82. The van der Waals surface area contributed by atoms with E-state index in [-0.39, 0.29) is 5.41 Å². The van der Waals surface area contributed by atoms with E-state index in [0.717, 1.165) is 39.0 Å². The molecule has 0 radical (unpaired) electrons. The Morgan fingerprint density at radius 1 is 0.472 bits per heavy atom. The Morgan fingerprint density at radius 2 is 1.11 bits per heavy atom. The van der Waals surface area contributed by atoms with Crippen LogP contribution in [-0.2, 0) is 5.41 Å². The first-order valence-electron chi connectivity index (χ1n) is 18.2. The number of nitrogens with zero attached hydrogens (tertiary/aromatic N) is 1. The van der Waals surface area contributed by atoms with Gasteiger partial charge in [-0.2, -0.15) is 0 Å². The third-order valence-corrected chi connectivity index (χ3v) is 12.6. The Bertz CT molecular complexity index is 2980. The molecule has 0 amide bonds. The van der Waals surface area contributed by atoms with E-state index in [1.807, 2.05) is 23.5 Å². The van der Waals surface area contributed by atoms with Gasteiger partial charge in [-0.05, 0) is 94.4 Å². The molecule has 0 bridgehead atoms. The molecule has 0 unspecified atom stereocenters. The van der Waals surface area contributed by atoms with Gasteiger partial charge in [0.25, 0.3) is 0 Å². The minimum Gasteiger partial charge on any atom is -0.456 e. The molecule has 0 aliphatic heterocycles. The third kappa shape index (κ3) is 4.51. The van der Waals surface area contributed by atoms with Gasteiger partial charge in [0, 0.05) is 43.0 Å². The van der Waals surface area contributed by atoms with Crippen molar-refractivity contribution in [3.8, 4) is 22.3 Å². The number of anilines is 3. The molecule has 11 rings (SSSR count). The van der Waals surface area contributed by atoms with Gasteiger partial charge in [0.15, 0.2) is 0 Å². The first-order valence-corrected chi connectivity index (χ1v) is 19.0. The molecular formula is C50H33NOS. The molecule has 0 spiro atoms. The highest BCUT2D eigenvalue weighted by molar-refractivity contribution is 7.26. The van der Waals surface area contributed by atoms with Crippen LogP contribution in [0, 0.1) is 0 Å². The molecule has 8 aromatic carbocycles. The average molecular weight is 696 g/mol. The number of thiophene rings is 1. The zero-order valence-electron chi connectivity index (χ0n) is 29.1. The minimum atomic E-state index is -0.240. The van der Waals surface area contributed by atoms with Crippen LogP contribution < -0.4 is 4.90 Å². The number of benzene rings is 8. The molecule has 1 aliphatic carbocycles. The second-order valence-corrected chi connectivity index (χ2v) is 15.3. The zero-order valence-corrected chi connectivity index (χ0v) is 29.9. The Labute approximate surface area is 311 Å². The van der Waals surface area contributed by atoms with Crippen molar-refractivity contribution >= 4 is 70.5 Å². The molecule has 10 aromatic rings. The number of hydrogen-bond acceptors (Lipinski definition) is 3. The van der Waals surface area contributed by atoms with Gasteiger partial charge in [-0.25, -0.2) is 0 Å². The van der Waals surface area contributed by atoms with Crippen LogP contribution >= 0.6 is 11.3 Å². The predicted molar refractivity (Wildman–Crippen MR) is 224 cm³/mol. The summed E-state index contributed by atoms with van der Waals surface area (Å²) in [5.41, 5.74) is 14.0. The van der Waals surface area contributed by atoms with E-state index < -0.39 is 0 Å². The molecule has 250 valence electrons. The Hall–Kier alpha value is -6.42. The van der Waals surface area contributed by atoms with E-state index in [0.29, 0.717) is 0 Å². The minimum absolute atomic E-state index is 0.240. The summed E-state index contributed by atoms with van der Waals surface area (Å²) in [5, 5.41) is 4.80. The molecule has 2 nitrogen and oxygen atoms in total. The SMILES string of the molecule is CC1(c2ccc3c(c2)sc2c(N(c4ccc(-c5ccccc5)cc4)c4ccc5oc6ccccc6c5c4)cccc23)c2ccccc2-c2ccccc21. The standard InChI is InChI=1S/C50H33NOS/c1-50(43-18-8-5-14-37(43)38-15-6-9-19-44(38)50)34-24-28-40-41-17-11-20-45(49(41)53-48(40)30-34)51(35-25-22-33(23-26-35)32-12-3-2-4-13-32)36-27-29-47-42(31-36)39-16-7-10-21-46(39)52-47/h2-31H,1H3. The summed E-state index contributed by atoms with van der Waals surface area (Å²) in [6.45, 7) is 2.40. The van der Waals surface area contributed by atoms with Crippen molar-refractivity contribution in [1.29, 1.82) is 0 Å². The summed E-state index contributed by atoms with van der Waals surface area (Å²) in [5.74, 6) is 0. The monoisotopic (exact) mass is 695 g/mol. The summed E-state index contributed by atoms with van der Waals surface area (Å²) >= 11 is 1.89. The largest absolute Gasteiger partial charge is 0.456 e. The van der Waals surface area contributed by atoms with Gasteiger partial charge in [0.1, 0.15) is 11.2 Å². The van der Waals surface area contributed by atoms with Crippen LogP contribution in [0.1, 0.15) is 23.6 Å². The van der Waals surface area contributed by atoms with Crippen LogP contribution in [0.3, 0.4) is 0 Å². The summed E-state index contributed by atoms with van der Waals surface area (Å²) in [7, 11) is 0. The van der Waals surface area contributed by atoms with Crippen molar-refractivity contribution in [2.24, 2.45) is 0 Å². The maximum absolute atomic E-state index is 6.26. The molecule has 2 aromatic heterocycles. The van der Waals surface area contributed by atoms with Gasteiger partial charge in [0.2, 0.25) is 0 Å². The van der Waals surface area contributed by atoms with Crippen LogP contribution in [0.5, 0.6) is 0 Å². The second-order valence-electron chi connectivity index (χ2n) is 14.2. The summed E-state index contributed by atoms with van der Waals surface area (Å²) in [6.07, 6.45) is 0. The van der Waals surface area contributed by atoms with E-state index in [1.54, 1.807) is 0 Å². The average Bonchev–Trinajstić information content (AvgIpc) is 3.87. The summed E-state index contributed by atoms with van der Waals surface area (Å²) in [4.78, 5) is 2.42. The molecule has 0 atom stereocenters. The third-order valence-electron chi connectivity index (χ3n) is 11.4. The number of hydrogen-bond donors (Lipinski definition) is 0. The van der Waals surface area contributed by atoms with Gasteiger partial charge in [-0.3, -0.25) is 0 Å². The molecule has 3 heteroatoms. The quantitative estimate of drug-likeness (QED) is 0.178. The lowest BCUT2D eigenvalue weighted by molar-refractivity contribution is 0.669. The Kier molecular flexibility index (Phi) is 6.58. The van der Waals surface area contributed by atoms with Gasteiger partial charge >= 0.3 is 0 Å². The zero-order chi connectivity index (χ0) is 35.1. The first kappa shape index (κ1) is 30.2. The molecule has 2 heterocycles. The van der Waals surface area contributed by atoms with Crippen molar-refractivity contribution in [1.82, 2.24) is 0 Å². The van der Waals surface area contributed by atoms with Crippen LogP contribution in [0.25, 0.3) is 64.4 Å². The first-order chi connectivity index (χ1) is 26.1. The second kappa shape index (κ2) is 11.5. The van der Waals surface area contributed by atoms with Crippen molar-refractivity contribution in [2.45, 2.75) is 12.3 Å². The molecule has 1 aliphatic rings. The number of para-hydroxylation sites is 1. The smallest absolute Gasteiger partial charge is 0.135 e. The van der Waals surface area contributed by atoms with Crippen molar-refractivity contribution < 1.29 is 4.42 Å². The predicted octanol–water partition coefficient (Wildman–Crippen LogP) is 14.4. The van der Waals surface area contributed by atoms with Crippen LogP contribution in [0.15, 0.2) is 186 Å². The highest BCUT2D eigenvalue weighted by Crippen LogP contribution is 2.53. The normalized spacial score (nSPS) is 13.2. The van der Waals surface area contributed by atoms with Gasteiger partial charge in [-0.1, -0.05) is 133 Å². The molecule has 0 fully saturated rings. The molecule has 0 saturated heterocycles. The van der Waals surface area contributed by atoms with E-state index >= 15 is 0 Å². The molecule has 0 saturated carbocycles. The van der Waals surface area contributed by atoms with Gasteiger partial charge in [0.05, 0.1) is 10.4 Å².